The molecule has 1 rings (SSSR count). The smallest absolute Gasteiger partial charge is 0.138 e. The fourth-order valence-corrected chi connectivity index (χ4v) is 1.28. The van der Waals surface area contributed by atoms with Gasteiger partial charge < -0.3 is 15.1 Å². The van der Waals surface area contributed by atoms with E-state index in [0.717, 1.165) is 0 Å². The molecule has 0 aromatic heterocycles. The van der Waals surface area contributed by atoms with E-state index < -0.39 is 0 Å². The molecule has 0 spiro atoms. The summed E-state index contributed by atoms with van der Waals surface area (Å²) in [6.45, 7) is 1.56. The van der Waals surface area contributed by atoms with Gasteiger partial charge in [0, 0.05) is 11.6 Å². The van der Waals surface area contributed by atoms with E-state index in [1.165, 1.54) is 19.2 Å². The molecule has 1 aromatic carbocycles. The molecule has 0 saturated carbocycles. The largest absolute Gasteiger partial charge is 0.507 e. The summed E-state index contributed by atoms with van der Waals surface area (Å²) >= 11 is 5.76. The molecular formula is C9H10ClNO3. The Morgan fingerprint density at radius 1 is 1.50 bits per heavy atom. The van der Waals surface area contributed by atoms with E-state index >= 15 is 0 Å². The summed E-state index contributed by atoms with van der Waals surface area (Å²) in [5.41, 5.74) is 0.672. The molecule has 0 aliphatic heterocycles. The summed E-state index contributed by atoms with van der Waals surface area (Å²) < 4.78 is 4.96. The number of phenols is 1. The number of halogens is 1. The van der Waals surface area contributed by atoms with Crippen molar-refractivity contribution in [3.63, 3.8) is 0 Å². The van der Waals surface area contributed by atoms with Gasteiger partial charge in [-0.05, 0) is 13.0 Å². The number of phenolic OH excluding ortho intramolecular Hbond substituents is 1. The minimum atomic E-state index is -0.0499. The van der Waals surface area contributed by atoms with Crippen molar-refractivity contribution in [3.05, 3.63) is 22.7 Å². The van der Waals surface area contributed by atoms with Gasteiger partial charge >= 0.3 is 0 Å². The van der Waals surface area contributed by atoms with Gasteiger partial charge in [0.1, 0.15) is 11.5 Å². The number of methoxy groups -OCH3 is 1. The van der Waals surface area contributed by atoms with Crippen LogP contribution in [0.25, 0.3) is 0 Å². The number of benzene rings is 1. The third-order valence-electron chi connectivity index (χ3n) is 1.81. The molecule has 0 fully saturated rings. The molecule has 0 aliphatic carbocycles. The Morgan fingerprint density at radius 2 is 2.14 bits per heavy atom. The lowest BCUT2D eigenvalue weighted by molar-refractivity contribution is 0.318. The van der Waals surface area contributed by atoms with Crippen LogP contribution in [0.1, 0.15) is 12.5 Å². The molecule has 0 aliphatic rings. The number of rotatable bonds is 2. The van der Waals surface area contributed by atoms with E-state index in [2.05, 4.69) is 5.16 Å². The van der Waals surface area contributed by atoms with Crippen LogP contribution >= 0.6 is 11.6 Å². The lowest BCUT2D eigenvalue weighted by Crippen LogP contribution is -1.96. The highest BCUT2D eigenvalue weighted by molar-refractivity contribution is 6.32. The molecule has 0 unspecified atom stereocenters. The van der Waals surface area contributed by atoms with Gasteiger partial charge in [0.15, 0.2) is 0 Å². The predicted octanol–water partition coefficient (Wildman–Crippen LogP) is 2.25. The Kier molecular flexibility index (Phi) is 3.19. The molecule has 0 bridgehead atoms. The Labute approximate surface area is 86.4 Å². The van der Waals surface area contributed by atoms with Crippen LogP contribution in [0, 0.1) is 0 Å². The van der Waals surface area contributed by atoms with Crippen LogP contribution in [0.5, 0.6) is 11.5 Å². The van der Waals surface area contributed by atoms with E-state index in [9.17, 15) is 5.11 Å². The van der Waals surface area contributed by atoms with E-state index in [4.69, 9.17) is 21.5 Å². The Balaban J connectivity index is 3.31. The van der Waals surface area contributed by atoms with Crippen molar-refractivity contribution in [1.82, 2.24) is 0 Å². The molecule has 0 saturated heterocycles. The predicted molar refractivity (Wildman–Crippen MR) is 53.7 cm³/mol. The van der Waals surface area contributed by atoms with E-state index in [1.807, 2.05) is 0 Å². The van der Waals surface area contributed by atoms with E-state index in [-0.39, 0.29) is 11.5 Å². The first-order valence-corrected chi connectivity index (χ1v) is 4.23. The van der Waals surface area contributed by atoms with Crippen LogP contribution in [0.3, 0.4) is 0 Å². The van der Waals surface area contributed by atoms with Crippen LogP contribution in [0.2, 0.25) is 5.02 Å². The zero-order valence-electron chi connectivity index (χ0n) is 7.78. The van der Waals surface area contributed by atoms with Gasteiger partial charge in [0.2, 0.25) is 0 Å². The van der Waals surface area contributed by atoms with Crippen LogP contribution in [-0.2, 0) is 0 Å². The standard InChI is InChI=1S/C9H10ClNO3/c1-5(11-13)6-3-9(14-2)7(10)4-8(6)12/h3-4,12-13H,1-2H3/b11-5+. The number of hydrogen-bond donors (Lipinski definition) is 2. The highest BCUT2D eigenvalue weighted by atomic mass is 35.5. The summed E-state index contributed by atoms with van der Waals surface area (Å²) in [6.07, 6.45) is 0. The summed E-state index contributed by atoms with van der Waals surface area (Å²) in [5.74, 6) is 0.369. The minimum Gasteiger partial charge on any atom is -0.507 e. The zero-order chi connectivity index (χ0) is 10.7. The average molecular weight is 216 g/mol. The first-order chi connectivity index (χ1) is 6.60. The van der Waals surface area contributed by atoms with Gasteiger partial charge in [-0.15, -0.1) is 0 Å². The van der Waals surface area contributed by atoms with E-state index in [0.29, 0.717) is 16.3 Å². The number of oxime groups is 1. The van der Waals surface area contributed by atoms with Crippen molar-refractivity contribution in [2.45, 2.75) is 6.92 Å². The second-order valence-electron chi connectivity index (χ2n) is 2.69. The number of nitrogens with zero attached hydrogens (tertiary/aromatic N) is 1. The third-order valence-corrected chi connectivity index (χ3v) is 2.11. The summed E-state index contributed by atoms with van der Waals surface area (Å²) in [5, 5.41) is 21.3. The maximum Gasteiger partial charge on any atom is 0.138 e. The number of hydrogen-bond acceptors (Lipinski definition) is 4. The van der Waals surface area contributed by atoms with Crippen molar-refractivity contribution in [2.75, 3.05) is 7.11 Å². The van der Waals surface area contributed by atoms with Crippen molar-refractivity contribution < 1.29 is 15.1 Å². The first-order valence-electron chi connectivity index (χ1n) is 3.85. The highest BCUT2D eigenvalue weighted by Crippen LogP contribution is 2.31. The number of ether oxygens (including phenoxy) is 1. The number of aromatic hydroxyl groups is 1. The topological polar surface area (TPSA) is 62.0 Å². The van der Waals surface area contributed by atoms with Gasteiger partial charge in [0.25, 0.3) is 0 Å². The molecule has 76 valence electrons. The average Bonchev–Trinajstić information content (AvgIpc) is 2.17. The molecule has 2 N–H and O–H groups in total. The van der Waals surface area contributed by atoms with Crippen LogP contribution in [-0.4, -0.2) is 23.1 Å². The molecule has 14 heavy (non-hydrogen) atoms. The summed E-state index contributed by atoms with van der Waals surface area (Å²) in [4.78, 5) is 0. The van der Waals surface area contributed by atoms with Crippen molar-refractivity contribution >= 4 is 17.3 Å². The van der Waals surface area contributed by atoms with E-state index in [1.54, 1.807) is 6.92 Å². The van der Waals surface area contributed by atoms with Crippen LogP contribution < -0.4 is 4.74 Å². The van der Waals surface area contributed by atoms with Crippen LogP contribution in [0.15, 0.2) is 17.3 Å². The van der Waals surface area contributed by atoms with Gasteiger partial charge in [-0.2, -0.15) is 0 Å². The van der Waals surface area contributed by atoms with Gasteiger partial charge in [-0.1, -0.05) is 16.8 Å². The molecule has 1 aromatic rings. The Bertz CT molecular complexity index is 377. The van der Waals surface area contributed by atoms with Gasteiger partial charge in [-0.3, -0.25) is 0 Å². The third kappa shape index (κ3) is 1.90. The normalized spacial score (nSPS) is 11.5. The van der Waals surface area contributed by atoms with Gasteiger partial charge in [-0.25, -0.2) is 0 Å². The molecule has 0 amide bonds. The first kappa shape index (κ1) is 10.7. The van der Waals surface area contributed by atoms with Crippen molar-refractivity contribution in [2.24, 2.45) is 5.16 Å². The maximum atomic E-state index is 9.48. The molecule has 0 atom stereocenters. The maximum absolute atomic E-state index is 9.48. The Morgan fingerprint density at radius 3 is 2.64 bits per heavy atom. The molecule has 5 heteroatoms. The monoisotopic (exact) mass is 215 g/mol. The Hall–Kier alpha value is -1.42. The molecule has 4 nitrogen and oxygen atoms in total. The molecule has 0 radical (unpaired) electrons. The van der Waals surface area contributed by atoms with Crippen LogP contribution in [0.4, 0.5) is 0 Å². The fourth-order valence-electron chi connectivity index (χ4n) is 1.04. The summed E-state index contributed by atoms with van der Waals surface area (Å²) in [7, 11) is 1.47. The van der Waals surface area contributed by atoms with Gasteiger partial charge in [0.05, 0.1) is 17.8 Å². The fraction of sp³-hybridized carbons (Fsp3) is 0.222. The quantitative estimate of drug-likeness (QED) is 0.452. The molecule has 0 heterocycles. The molecular weight excluding hydrogens is 206 g/mol. The second-order valence-corrected chi connectivity index (χ2v) is 3.10. The summed E-state index contributed by atoms with van der Waals surface area (Å²) in [6, 6.07) is 2.84. The minimum absolute atomic E-state index is 0.0499. The zero-order valence-corrected chi connectivity index (χ0v) is 8.54. The SMILES string of the molecule is COc1cc(/C(C)=N/O)c(O)cc1Cl. The van der Waals surface area contributed by atoms with Crippen molar-refractivity contribution in [3.8, 4) is 11.5 Å². The lowest BCUT2D eigenvalue weighted by atomic mass is 10.1. The van der Waals surface area contributed by atoms with Crippen molar-refractivity contribution in [1.29, 1.82) is 0 Å². The lowest BCUT2D eigenvalue weighted by Gasteiger charge is -2.07. The second kappa shape index (κ2) is 4.19. The highest BCUT2D eigenvalue weighted by Gasteiger charge is 2.10.